The average molecular weight is 321 g/mol. The Balaban J connectivity index is 1.81. The highest BCUT2D eigenvalue weighted by Crippen LogP contribution is 2.33. The van der Waals surface area contributed by atoms with Crippen molar-refractivity contribution < 1.29 is 13.5 Å². The number of nitrogens with zero attached hydrogens (tertiary/aromatic N) is 2. The summed E-state index contributed by atoms with van der Waals surface area (Å²) in [5.74, 6) is 1.04. The lowest BCUT2D eigenvalue weighted by Crippen LogP contribution is -2.15. The first-order valence-corrected chi connectivity index (χ1v) is 9.21. The van der Waals surface area contributed by atoms with Crippen LogP contribution in [-0.2, 0) is 9.84 Å². The zero-order valence-electron chi connectivity index (χ0n) is 12.4. The van der Waals surface area contributed by atoms with Crippen LogP contribution in [0.5, 0.6) is 0 Å². The van der Waals surface area contributed by atoms with Gasteiger partial charge in [0.05, 0.1) is 16.5 Å². The molecule has 2 N–H and O–H groups in total. The highest BCUT2D eigenvalue weighted by Gasteiger charge is 2.29. The summed E-state index contributed by atoms with van der Waals surface area (Å²) in [6, 6.07) is 4.81. The number of hydrogen-bond donors (Lipinski definition) is 2. The number of anilines is 1. The van der Waals surface area contributed by atoms with E-state index in [-0.39, 0.29) is 11.0 Å². The van der Waals surface area contributed by atoms with Gasteiger partial charge in [-0.2, -0.15) is 0 Å². The van der Waals surface area contributed by atoms with Crippen LogP contribution < -0.4 is 5.32 Å². The number of aromatic nitrogens is 2. The number of sulfone groups is 1. The van der Waals surface area contributed by atoms with E-state index in [1.807, 2.05) is 0 Å². The largest absolute Gasteiger partial charge is 0.393 e. The fourth-order valence-corrected chi connectivity index (χ4v) is 3.11. The Bertz CT molecular complexity index is 788. The molecule has 1 heterocycles. The van der Waals surface area contributed by atoms with E-state index in [9.17, 15) is 13.5 Å². The molecule has 1 atom stereocenters. The summed E-state index contributed by atoms with van der Waals surface area (Å²) in [6.07, 6.45) is 5.22. The van der Waals surface area contributed by atoms with Crippen LogP contribution in [0.4, 0.5) is 5.82 Å². The molecule has 0 bridgehead atoms. The SMILES string of the molecule is CS(=O)(=O)c1ccc2ncnc(NCCC(O)C3CC3)c2c1. The van der Waals surface area contributed by atoms with E-state index >= 15 is 0 Å². The molecule has 1 unspecified atom stereocenters. The van der Waals surface area contributed by atoms with Crippen molar-refractivity contribution in [1.29, 1.82) is 0 Å². The van der Waals surface area contributed by atoms with Gasteiger partial charge in [0.1, 0.15) is 12.1 Å². The molecule has 1 aromatic carbocycles. The molecule has 0 aliphatic heterocycles. The quantitative estimate of drug-likeness (QED) is 0.840. The molecule has 1 fully saturated rings. The molecular formula is C15H19N3O3S. The minimum atomic E-state index is -3.27. The summed E-state index contributed by atoms with van der Waals surface area (Å²) in [5.41, 5.74) is 0.688. The van der Waals surface area contributed by atoms with Gasteiger partial charge < -0.3 is 10.4 Å². The van der Waals surface area contributed by atoms with E-state index in [2.05, 4.69) is 15.3 Å². The predicted octanol–water partition coefficient (Wildman–Crippen LogP) is 1.61. The standard InChI is InChI=1S/C15H19N3O3S/c1-22(20,21)11-4-5-13-12(8-11)15(18-9-17-13)16-7-6-14(19)10-2-3-10/h4-5,8-10,14,19H,2-3,6-7H2,1H3,(H,16,17,18). The Morgan fingerprint density at radius 3 is 2.82 bits per heavy atom. The molecule has 1 aliphatic carbocycles. The fraction of sp³-hybridized carbons (Fsp3) is 0.467. The van der Waals surface area contributed by atoms with Crippen LogP contribution in [0.15, 0.2) is 29.4 Å². The van der Waals surface area contributed by atoms with Crippen molar-refractivity contribution in [2.75, 3.05) is 18.1 Å². The maximum atomic E-state index is 11.7. The van der Waals surface area contributed by atoms with E-state index in [0.717, 1.165) is 12.8 Å². The molecule has 22 heavy (non-hydrogen) atoms. The topological polar surface area (TPSA) is 92.2 Å². The zero-order chi connectivity index (χ0) is 15.7. The van der Waals surface area contributed by atoms with E-state index in [4.69, 9.17) is 0 Å². The lowest BCUT2D eigenvalue weighted by molar-refractivity contribution is 0.145. The van der Waals surface area contributed by atoms with Crippen molar-refractivity contribution in [2.45, 2.75) is 30.3 Å². The number of aliphatic hydroxyl groups is 1. The highest BCUT2D eigenvalue weighted by atomic mass is 32.2. The second-order valence-corrected chi connectivity index (χ2v) is 7.81. The molecule has 0 spiro atoms. The monoisotopic (exact) mass is 321 g/mol. The summed E-state index contributed by atoms with van der Waals surface area (Å²) in [7, 11) is -3.27. The molecule has 7 heteroatoms. The Hall–Kier alpha value is -1.73. The minimum absolute atomic E-state index is 0.246. The molecule has 0 amide bonds. The van der Waals surface area contributed by atoms with Crippen molar-refractivity contribution in [1.82, 2.24) is 9.97 Å². The molecule has 1 aromatic heterocycles. The summed E-state index contributed by atoms with van der Waals surface area (Å²) in [4.78, 5) is 8.59. The van der Waals surface area contributed by atoms with Crippen LogP contribution >= 0.6 is 0 Å². The van der Waals surface area contributed by atoms with Gasteiger partial charge in [-0.1, -0.05) is 0 Å². The van der Waals surface area contributed by atoms with E-state index in [0.29, 0.717) is 35.6 Å². The average Bonchev–Trinajstić information content (AvgIpc) is 3.30. The van der Waals surface area contributed by atoms with Gasteiger partial charge in [0, 0.05) is 18.2 Å². The lowest BCUT2D eigenvalue weighted by Gasteiger charge is -2.12. The molecule has 0 saturated heterocycles. The lowest BCUT2D eigenvalue weighted by atomic mass is 10.1. The summed E-state index contributed by atoms with van der Waals surface area (Å²) < 4.78 is 23.4. The third-order valence-corrected chi connectivity index (χ3v) is 5.04. The van der Waals surface area contributed by atoms with Crippen LogP contribution in [0.2, 0.25) is 0 Å². The molecular weight excluding hydrogens is 302 g/mol. The van der Waals surface area contributed by atoms with Gasteiger partial charge in [-0.15, -0.1) is 0 Å². The van der Waals surface area contributed by atoms with Gasteiger partial charge in [0.15, 0.2) is 9.84 Å². The summed E-state index contributed by atoms with van der Waals surface area (Å²) in [5, 5.41) is 13.7. The highest BCUT2D eigenvalue weighted by molar-refractivity contribution is 7.90. The maximum absolute atomic E-state index is 11.7. The summed E-state index contributed by atoms with van der Waals surface area (Å²) >= 11 is 0. The van der Waals surface area contributed by atoms with Gasteiger partial charge in [-0.3, -0.25) is 0 Å². The number of benzene rings is 1. The molecule has 6 nitrogen and oxygen atoms in total. The molecule has 1 saturated carbocycles. The molecule has 1 aliphatic rings. The molecule has 3 rings (SSSR count). The minimum Gasteiger partial charge on any atom is -0.393 e. The number of nitrogens with one attached hydrogen (secondary N) is 1. The van der Waals surface area contributed by atoms with E-state index in [1.165, 1.54) is 12.6 Å². The zero-order valence-corrected chi connectivity index (χ0v) is 13.2. The van der Waals surface area contributed by atoms with E-state index in [1.54, 1.807) is 18.2 Å². The van der Waals surface area contributed by atoms with Crippen molar-refractivity contribution in [3.63, 3.8) is 0 Å². The first-order valence-electron chi connectivity index (χ1n) is 7.32. The van der Waals surface area contributed by atoms with Gasteiger partial charge in [0.25, 0.3) is 0 Å². The second-order valence-electron chi connectivity index (χ2n) is 5.79. The normalized spacial score (nSPS) is 16.6. The fourth-order valence-electron chi connectivity index (χ4n) is 2.46. The first kappa shape index (κ1) is 15.2. The second kappa shape index (κ2) is 5.81. The number of rotatable bonds is 6. The van der Waals surface area contributed by atoms with Crippen molar-refractivity contribution in [3.8, 4) is 0 Å². The molecule has 118 valence electrons. The maximum Gasteiger partial charge on any atom is 0.175 e. The summed E-state index contributed by atoms with van der Waals surface area (Å²) in [6.45, 7) is 0.590. The molecule has 2 aromatic rings. The Morgan fingerprint density at radius 2 is 2.14 bits per heavy atom. The van der Waals surface area contributed by atoms with Gasteiger partial charge in [-0.05, 0) is 43.4 Å². The predicted molar refractivity (Wildman–Crippen MR) is 84.5 cm³/mol. The number of aliphatic hydroxyl groups excluding tert-OH is 1. The molecule has 0 radical (unpaired) electrons. The van der Waals surface area contributed by atoms with Crippen LogP contribution in [0.1, 0.15) is 19.3 Å². The van der Waals surface area contributed by atoms with Crippen molar-refractivity contribution in [3.05, 3.63) is 24.5 Å². The number of fused-ring (bicyclic) bond motifs is 1. The van der Waals surface area contributed by atoms with Gasteiger partial charge in [0.2, 0.25) is 0 Å². The van der Waals surface area contributed by atoms with Crippen LogP contribution in [-0.4, -0.2) is 42.4 Å². The Morgan fingerprint density at radius 1 is 1.36 bits per heavy atom. The van der Waals surface area contributed by atoms with Gasteiger partial charge >= 0.3 is 0 Å². The number of hydrogen-bond acceptors (Lipinski definition) is 6. The van der Waals surface area contributed by atoms with Crippen molar-refractivity contribution >= 4 is 26.6 Å². The Kier molecular flexibility index (Phi) is 4.01. The van der Waals surface area contributed by atoms with Crippen LogP contribution in [0, 0.1) is 5.92 Å². The smallest absolute Gasteiger partial charge is 0.175 e. The van der Waals surface area contributed by atoms with Crippen molar-refractivity contribution in [2.24, 2.45) is 5.92 Å². The third kappa shape index (κ3) is 3.36. The van der Waals surface area contributed by atoms with Crippen LogP contribution in [0.3, 0.4) is 0 Å². The third-order valence-electron chi connectivity index (χ3n) is 3.93. The Labute approximate surface area is 129 Å². The van der Waals surface area contributed by atoms with E-state index < -0.39 is 9.84 Å². The first-order chi connectivity index (χ1) is 10.4. The van der Waals surface area contributed by atoms with Gasteiger partial charge in [-0.25, -0.2) is 18.4 Å². The van der Waals surface area contributed by atoms with Crippen LogP contribution in [0.25, 0.3) is 10.9 Å².